The number of hydrogen-bond acceptors (Lipinski definition) is 3. The maximum atomic E-state index is 12.0. The highest BCUT2D eigenvalue weighted by Crippen LogP contribution is 2.22. The van der Waals surface area contributed by atoms with E-state index in [1.54, 1.807) is 25.1 Å². The lowest BCUT2D eigenvalue weighted by atomic mass is 10.3. The van der Waals surface area contributed by atoms with E-state index in [2.05, 4.69) is 17.2 Å². The van der Waals surface area contributed by atoms with E-state index < -0.39 is 9.84 Å². The zero-order valence-electron chi connectivity index (χ0n) is 10.2. The van der Waals surface area contributed by atoms with E-state index in [4.69, 9.17) is 0 Å². The Kier molecular flexibility index (Phi) is 5.05. The number of rotatable bonds is 5. The first-order valence-corrected chi connectivity index (χ1v) is 7.22. The van der Waals surface area contributed by atoms with Crippen molar-refractivity contribution in [2.24, 2.45) is 0 Å². The summed E-state index contributed by atoms with van der Waals surface area (Å²) in [7, 11) is -3.19. The normalized spacial score (nSPS) is 10.5. The minimum atomic E-state index is -3.19. The Balaban J connectivity index is 3.02. The second-order valence-electron chi connectivity index (χ2n) is 3.60. The Labute approximate surface area is 103 Å². The molecule has 92 valence electrons. The van der Waals surface area contributed by atoms with E-state index >= 15 is 0 Å². The second kappa shape index (κ2) is 6.31. The van der Waals surface area contributed by atoms with Crippen molar-refractivity contribution >= 4 is 15.5 Å². The molecule has 0 fully saturated rings. The Hall–Kier alpha value is -1.47. The molecule has 1 aromatic rings. The smallest absolute Gasteiger partial charge is 0.180 e. The van der Waals surface area contributed by atoms with Crippen molar-refractivity contribution in [2.45, 2.75) is 25.2 Å². The average molecular weight is 251 g/mol. The first kappa shape index (κ1) is 13.6. The molecule has 0 atom stereocenters. The van der Waals surface area contributed by atoms with E-state index in [9.17, 15) is 8.42 Å². The Morgan fingerprint density at radius 2 is 2.00 bits per heavy atom. The van der Waals surface area contributed by atoms with E-state index in [0.717, 1.165) is 0 Å². The van der Waals surface area contributed by atoms with Crippen molar-refractivity contribution in [3.8, 4) is 11.8 Å². The van der Waals surface area contributed by atoms with E-state index in [0.29, 0.717) is 23.5 Å². The zero-order chi connectivity index (χ0) is 12.7. The maximum absolute atomic E-state index is 12.0. The highest BCUT2D eigenvalue weighted by atomic mass is 32.2. The standard InChI is InChI=1S/C13H17NO2S/c1-3-5-10-14-12-8-6-7-9-13(12)17(15,16)11-4-2/h6-9,14H,4,10-11H2,1-2H3. The van der Waals surface area contributed by atoms with Gasteiger partial charge in [-0.3, -0.25) is 0 Å². The van der Waals surface area contributed by atoms with Crippen molar-refractivity contribution in [1.82, 2.24) is 0 Å². The van der Waals surface area contributed by atoms with Crippen molar-refractivity contribution in [1.29, 1.82) is 0 Å². The van der Waals surface area contributed by atoms with Gasteiger partial charge in [0, 0.05) is 0 Å². The Morgan fingerprint density at radius 1 is 1.29 bits per heavy atom. The topological polar surface area (TPSA) is 46.2 Å². The van der Waals surface area contributed by atoms with Gasteiger partial charge >= 0.3 is 0 Å². The number of anilines is 1. The minimum Gasteiger partial charge on any atom is -0.373 e. The number of para-hydroxylation sites is 1. The zero-order valence-corrected chi connectivity index (χ0v) is 11.0. The highest BCUT2D eigenvalue weighted by molar-refractivity contribution is 7.91. The summed E-state index contributed by atoms with van der Waals surface area (Å²) >= 11 is 0. The van der Waals surface area contributed by atoms with Gasteiger partial charge in [0.1, 0.15) is 0 Å². The van der Waals surface area contributed by atoms with Crippen LogP contribution in [-0.2, 0) is 9.84 Å². The number of hydrogen-bond donors (Lipinski definition) is 1. The molecule has 1 aromatic carbocycles. The molecule has 0 radical (unpaired) electrons. The molecular formula is C13H17NO2S. The molecule has 0 saturated heterocycles. The van der Waals surface area contributed by atoms with Crippen LogP contribution >= 0.6 is 0 Å². The fourth-order valence-corrected chi connectivity index (χ4v) is 3.01. The summed E-state index contributed by atoms with van der Waals surface area (Å²) < 4.78 is 24.0. The Bertz CT molecular complexity index is 524. The molecular weight excluding hydrogens is 234 g/mol. The fraction of sp³-hybridized carbons (Fsp3) is 0.385. The van der Waals surface area contributed by atoms with Crippen molar-refractivity contribution < 1.29 is 8.42 Å². The minimum absolute atomic E-state index is 0.172. The van der Waals surface area contributed by atoms with Crippen LogP contribution in [0.15, 0.2) is 29.2 Å². The van der Waals surface area contributed by atoms with Gasteiger partial charge in [-0.25, -0.2) is 8.42 Å². The predicted octanol–water partition coefficient (Wildman–Crippen LogP) is 2.31. The molecule has 0 unspecified atom stereocenters. The van der Waals surface area contributed by atoms with Gasteiger partial charge in [0.15, 0.2) is 9.84 Å². The third-order valence-corrected chi connectivity index (χ3v) is 4.21. The van der Waals surface area contributed by atoms with Crippen LogP contribution in [0.25, 0.3) is 0 Å². The number of sulfone groups is 1. The summed E-state index contributed by atoms with van der Waals surface area (Å²) in [5, 5.41) is 3.03. The fourth-order valence-electron chi connectivity index (χ4n) is 1.49. The summed E-state index contributed by atoms with van der Waals surface area (Å²) in [4.78, 5) is 0.361. The molecule has 0 bridgehead atoms. The molecule has 0 amide bonds. The van der Waals surface area contributed by atoms with Crippen LogP contribution in [0.2, 0.25) is 0 Å². The largest absolute Gasteiger partial charge is 0.373 e. The Morgan fingerprint density at radius 3 is 2.65 bits per heavy atom. The molecule has 0 aromatic heterocycles. The summed E-state index contributed by atoms with van der Waals surface area (Å²) in [5.41, 5.74) is 0.628. The van der Waals surface area contributed by atoms with Gasteiger partial charge in [-0.1, -0.05) is 25.0 Å². The molecule has 0 aliphatic heterocycles. The highest BCUT2D eigenvalue weighted by Gasteiger charge is 2.16. The van der Waals surface area contributed by atoms with Gasteiger partial charge in [0.25, 0.3) is 0 Å². The second-order valence-corrected chi connectivity index (χ2v) is 5.67. The average Bonchev–Trinajstić information content (AvgIpc) is 2.30. The van der Waals surface area contributed by atoms with E-state index in [1.165, 1.54) is 0 Å². The number of nitrogens with one attached hydrogen (secondary N) is 1. The van der Waals surface area contributed by atoms with Crippen LogP contribution in [0.1, 0.15) is 20.3 Å². The van der Waals surface area contributed by atoms with Gasteiger partial charge in [-0.15, -0.1) is 5.92 Å². The SMILES string of the molecule is CC#CCNc1ccccc1S(=O)(=O)CCC. The van der Waals surface area contributed by atoms with Crippen molar-refractivity contribution in [3.05, 3.63) is 24.3 Å². The van der Waals surface area contributed by atoms with E-state index in [1.807, 2.05) is 13.0 Å². The van der Waals surface area contributed by atoms with Crippen molar-refractivity contribution in [3.63, 3.8) is 0 Å². The molecule has 0 spiro atoms. The van der Waals surface area contributed by atoms with Crippen LogP contribution < -0.4 is 5.32 Å². The van der Waals surface area contributed by atoms with Gasteiger partial charge < -0.3 is 5.32 Å². The monoisotopic (exact) mass is 251 g/mol. The van der Waals surface area contributed by atoms with Gasteiger partial charge in [0.2, 0.25) is 0 Å². The molecule has 1 rings (SSSR count). The van der Waals surface area contributed by atoms with Crippen LogP contribution in [0.5, 0.6) is 0 Å². The molecule has 1 N–H and O–H groups in total. The quantitative estimate of drug-likeness (QED) is 0.817. The molecule has 0 aliphatic rings. The molecule has 0 saturated carbocycles. The third kappa shape index (κ3) is 3.79. The molecule has 3 nitrogen and oxygen atoms in total. The first-order valence-electron chi connectivity index (χ1n) is 5.57. The van der Waals surface area contributed by atoms with Gasteiger partial charge in [0.05, 0.1) is 22.9 Å². The molecule has 4 heteroatoms. The summed E-state index contributed by atoms with van der Waals surface area (Å²) in [5.74, 6) is 5.78. The van der Waals surface area contributed by atoms with E-state index in [-0.39, 0.29) is 5.75 Å². The van der Waals surface area contributed by atoms with Crippen molar-refractivity contribution in [2.75, 3.05) is 17.6 Å². The molecule has 0 heterocycles. The molecule has 17 heavy (non-hydrogen) atoms. The summed E-state index contributed by atoms with van der Waals surface area (Å²) in [6.45, 7) is 4.06. The first-order chi connectivity index (χ1) is 8.11. The van der Waals surface area contributed by atoms with Crippen LogP contribution in [0, 0.1) is 11.8 Å². The lowest BCUT2D eigenvalue weighted by Gasteiger charge is -2.10. The summed E-state index contributed by atoms with van der Waals surface area (Å²) in [6, 6.07) is 6.94. The van der Waals surface area contributed by atoms with Crippen LogP contribution in [-0.4, -0.2) is 20.7 Å². The maximum Gasteiger partial charge on any atom is 0.180 e. The lowest BCUT2D eigenvalue weighted by molar-refractivity contribution is 0.595. The van der Waals surface area contributed by atoms with Crippen LogP contribution in [0.3, 0.4) is 0 Å². The van der Waals surface area contributed by atoms with Gasteiger partial charge in [-0.05, 0) is 25.5 Å². The predicted molar refractivity (Wildman–Crippen MR) is 70.7 cm³/mol. The lowest BCUT2D eigenvalue weighted by Crippen LogP contribution is -2.10. The molecule has 0 aliphatic carbocycles. The summed E-state index contributed by atoms with van der Waals surface area (Å²) in [6.07, 6.45) is 0.617. The number of benzene rings is 1. The van der Waals surface area contributed by atoms with Gasteiger partial charge in [-0.2, -0.15) is 0 Å². The van der Waals surface area contributed by atoms with Crippen LogP contribution in [0.4, 0.5) is 5.69 Å². The third-order valence-electron chi connectivity index (χ3n) is 2.24.